The molecule has 0 aromatic rings. The van der Waals surface area contributed by atoms with Crippen LogP contribution in [0.5, 0.6) is 0 Å². The van der Waals surface area contributed by atoms with Gasteiger partial charge >= 0.3 is 0 Å². The van der Waals surface area contributed by atoms with Gasteiger partial charge in [0.25, 0.3) is 0 Å². The van der Waals surface area contributed by atoms with E-state index in [-0.39, 0.29) is 0 Å². The van der Waals surface area contributed by atoms with Crippen LogP contribution in [0.2, 0.25) is 0 Å². The van der Waals surface area contributed by atoms with Crippen LogP contribution >= 0.6 is 0 Å². The van der Waals surface area contributed by atoms with Crippen molar-refractivity contribution in [2.75, 3.05) is 12.0 Å². The van der Waals surface area contributed by atoms with Gasteiger partial charge in [-0.25, -0.2) is 0 Å². The van der Waals surface area contributed by atoms with E-state index in [1.54, 1.807) is 6.26 Å². The van der Waals surface area contributed by atoms with Crippen molar-refractivity contribution in [3.05, 3.63) is 0 Å². The van der Waals surface area contributed by atoms with Gasteiger partial charge in [0.15, 0.2) is 0 Å². The molecule has 2 aliphatic carbocycles. The predicted molar refractivity (Wildman–Crippen MR) is 79.2 cm³/mol. The normalized spacial score (nSPS) is 40.9. The zero-order valence-electron chi connectivity index (χ0n) is 12.6. The molecule has 0 spiro atoms. The Kier molecular flexibility index (Phi) is 3.95. The van der Waals surface area contributed by atoms with E-state index in [1.807, 2.05) is 0 Å². The molecule has 0 saturated heterocycles. The van der Waals surface area contributed by atoms with E-state index >= 15 is 0 Å². The molecule has 2 rings (SSSR count). The van der Waals surface area contributed by atoms with E-state index in [2.05, 4.69) is 33.0 Å². The third kappa shape index (κ3) is 2.53. The highest BCUT2D eigenvalue weighted by Crippen LogP contribution is 2.62. The van der Waals surface area contributed by atoms with Crippen molar-refractivity contribution in [2.24, 2.45) is 16.7 Å². The molecule has 5 unspecified atom stereocenters. The zero-order chi connectivity index (χ0) is 13.6. The van der Waals surface area contributed by atoms with E-state index in [0.29, 0.717) is 22.9 Å². The number of hydrogen-bond acceptors (Lipinski definition) is 2. The highest BCUT2D eigenvalue weighted by atomic mass is 32.2. The van der Waals surface area contributed by atoms with E-state index in [0.717, 1.165) is 18.1 Å². The van der Waals surface area contributed by atoms with Crippen LogP contribution in [0.25, 0.3) is 0 Å². The lowest BCUT2D eigenvalue weighted by Crippen LogP contribution is -2.53. The van der Waals surface area contributed by atoms with Crippen molar-refractivity contribution < 1.29 is 4.21 Å². The molecule has 0 aliphatic heterocycles. The fourth-order valence-corrected chi connectivity index (χ4v) is 5.11. The summed E-state index contributed by atoms with van der Waals surface area (Å²) in [6.07, 6.45) is 7.01. The molecule has 2 bridgehead atoms. The van der Waals surface area contributed by atoms with E-state index in [4.69, 9.17) is 0 Å². The Morgan fingerprint density at radius 1 is 1.39 bits per heavy atom. The van der Waals surface area contributed by atoms with Gasteiger partial charge in [-0.15, -0.1) is 0 Å². The lowest BCUT2D eigenvalue weighted by atomic mass is 9.68. The second-order valence-corrected chi connectivity index (χ2v) is 9.04. The summed E-state index contributed by atoms with van der Waals surface area (Å²) in [5.41, 5.74) is 0.917. The molecule has 5 atom stereocenters. The van der Waals surface area contributed by atoms with Crippen molar-refractivity contribution in [3.8, 4) is 0 Å². The van der Waals surface area contributed by atoms with Gasteiger partial charge < -0.3 is 5.32 Å². The first-order chi connectivity index (χ1) is 8.25. The highest BCUT2D eigenvalue weighted by Gasteiger charge is 2.59. The molecule has 0 radical (unpaired) electrons. The van der Waals surface area contributed by atoms with Crippen LogP contribution in [0.3, 0.4) is 0 Å². The molecule has 2 fully saturated rings. The summed E-state index contributed by atoms with van der Waals surface area (Å²) in [6, 6.07) is 1.11. The van der Waals surface area contributed by atoms with Gasteiger partial charge in [-0.05, 0) is 49.4 Å². The Hall–Kier alpha value is 0.110. The average molecular weight is 271 g/mol. The number of hydrogen-bond donors (Lipinski definition) is 1. The van der Waals surface area contributed by atoms with Crippen molar-refractivity contribution in [1.29, 1.82) is 0 Å². The molecule has 3 heteroatoms. The van der Waals surface area contributed by atoms with Gasteiger partial charge in [0.2, 0.25) is 0 Å². The van der Waals surface area contributed by atoms with Crippen LogP contribution in [0.15, 0.2) is 0 Å². The van der Waals surface area contributed by atoms with E-state index in [1.165, 1.54) is 19.3 Å². The summed E-state index contributed by atoms with van der Waals surface area (Å²) in [6.45, 7) is 9.58. The third-order valence-electron chi connectivity index (χ3n) is 5.56. The van der Waals surface area contributed by atoms with Crippen LogP contribution in [0.1, 0.15) is 53.4 Å². The minimum Gasteiger partial charge on any atom is -0.310 e. The van der Waals surface area contributed by atoms with Gasteiger partial charge in [-0.1, -0.05) is 20.8 Å². The van der Waals surface area contributed by atoms with Crippen LogP contribution < -0.4 is 5.32 Å². The monoisotopic (exact) mass is 271 g/mol. The Balaban J connectivity index is 1.98. The summed E-state index contributed by atoms with van der Waals surface area (Å²) in [7, 11) is -0.661. The molecular weight excluding hydrogens is 242 g/mol. The Morgan fingerprint density at radius 3 is 2.56 bits per heavy atom. The van der Waals surface area contributed by atoms with Crippen molar-refractivity contribution >= 4 is 10.8 Å². The molecule has 2 aliphatic rings. The van der Waals surface area contributed by atoms with Gasteiger partial charge in [0, 0.05) is 34.9 Å². The zero-order valence-corrected chi connectivity index (χ0v) is 13.4. The summed E-state index contributed by atoms with van der Waals surface area (Å²) < 4.78 is 11.2. The molecule has 0 amide bonds. The average Bonchev–Trinajstić information content (AvgIpc) is 2.73. The van der Waals surface area contributed by atoms with Gasteiger partial charge in [0.05, 0.1) is 0 Å². The number of fused-ring (bicyclic) bond motifs is 2. The molecule has 2 nitrogen and oxygen atoms in total. The van der Waals surface area contributed by atoms with E-state index in [9.17, 15) is 4.21 Å². The molecule has 1 N–H and O–H groups in total. The van der Waals surface area contributed by atoms with Crippen LogP contribution in [-0.2, 0) is 10.8 Å². The molecular formula is C15H29NOS. The van der Waals surface area contributed by atoms with Crippen LogP contribution in [-0.4, -0.2) is 28.3 Å². The standard InChI is InChI=1S/C15H29NOS/c1-11(7-9-18(5)17)16-13-14(2,3)12-6-8-15(13,4)10-12/h11-13,16H,6-10H2,1-5H3. The van der Waals surface area contributed by atoms with Gasteiger partial charge in [-0.2, -0.15) is 0 Å². The largest absolute Gasteiger partial charge is 0.310 e. The van der Waals surface area contributed by atoms with Crippen molar-refractivity contribution in [1.82, 2.24) is 5.32 Å². The minimum atomic E-state index is -0.661. The lowest BCUT2D eigenvalue weighted by molar-refractivity contribution is 0.0998. The topological polar surface area (TPSA) is 29.1 Å². The van der Waals surface area contributed by atoms with Crippen LogP contribution in [0, 0.1) is 16.7 Å². The maximum absolute atomic E-state index is 11.2. The summed E-state index contributed by atoms with van der Waals surface area (Å²) in [4.78, 5) is 0. The second kappa shape index (κ2) is 4.90. The van der Waals surface area contributed by atoms with E-state index < -0.39 is 10.8 Å². The summed E-state index contributed by atoms with van der Waals surface area (Å²) >= 11 is 0. The van der Waals surface area contributed by atoms with Gasteiger partial charge in [-0.3, -0.25) is 4.21 Å². The second-order valence-electron chi connectivity index (χ2n) is 7.48. The predicted octanol–water partition coefficient (Wildman–Crippen LogP) is 2.95. The Labute approximate surface area is 115 Å². The lowest BCUT2D eigenvalue weighted by Gasteiger charge is -2.44. The summed E-state index contributed by atoms with van der Waals surface area (Å²) in [5.74, 6) is 1.72. The molecule has 0 aromatic heterocycles. The van der Waals surface area contributed by atoms with Crippen molar-refractivity contribution in [2.45, 2.75) is 65.5 Å². The Morgan fingerprint density at radius 2 is 2.06 bits per heavy atom. The molecule has 18 heavy (non-hydrogen) atoms. The first kappa shape index (κ1) is 14.5. The van der Waals surface area contributed by atoms with Crippen LogP contribution in [0.4, 0.5) is 0 Å². The quantitative estimate of drug-likeness (QED) is 0.833. The SMILES string of the molecule is CC(CCS(C)=O)NC1C2(C)CCC(C2)C1(C)C. The molecule has 0 aromatic carbocycles. The first-order valence-electron chi connectivity index (χ1n) is 7.32. The summed E-state index contributed by atoms with van der Waals surface area (Å²) in [5, 5.41) is 3.86. The first-order valence-corrected chi connectivity index (χ1v) is 9.04. The minimum absolute atomic E-state index is 0.423. The highest BCUT2D eigenvalue weighted by molar-refractivity contribution is 7.84. The van der Waals surface area contributed by atoms with Crippen molar-refractivity contribution in [3.63, 3.8) is 0 Å². The Bertz CT molecular complexity index is 337. The fraction of sp³-hybridized carbons (Fsp3) is 1.00. The molecule has 2 saturated carbocycles. The number of nitrogens with one attached hydrogen (secondary N) is 1. The third-order valence-corrected chi connectivity index (χ3v) is 6.37. The molecule has 0 heterocycles. The van der Waals surface area contributed by atoms with Gasteiger partial charge in [0.1, 0.15) is 0 Å². The smallest absolute Gasteiger partial charge is 0.0246 e. The number of rotatable bonds is 5. The maximum Gasteiger partial charge on any atom is 0.0246 e. The fourth-order valence-electron chi connectivity index (χ4n) is 4.43. The maximum atomic E-state index is 11.2. The molecule has 106 valence electrons.